The average Bonchev–Trinajstić information content (AvgIpc) is 2.88. The van der Waals surface area contributed by atoms with Crippen molar-refractivity contribution in [3.05, 3.63) is 83.7 Å². The molecule has 0 atom stereocenters. The van der Waals surface area contributed by atoms with Crippen LogP contribution in [0.25, 0.3) is 0 Å². The number of nitrogens with one attached hydrogen (secondary N) is 1. The molecule has 0 unspecified atom stereocenters. The minimum absolute atomic E-state index is 0.132. The normalized spacial score (nSPS) is 10.7. The molecule has 144 valence electrons. The number of benzene rings is 2. The van der Waals surface area contributed by atoms with E-state index in [1.165, 1.54) is 50.4 Å². The smallest absolute Gasteiger partial charge is 0.322 e. The van der Waals surface area contributed by atoms with Gasteiger partial charge in [-0.2, -0.15) is 0 Å². The highest BCUT2D eigenvalue weighted by Gasteiger charge is 2.30. The number of hydrogen-bond acceptors (Lipinski definition) is 5. The van der Waals surface area contributed by atoms with E-state index < -0.39 is 22.0 Å². The lowest BCUT2D eigenvalue weighted by atomic mass is 10.0. The Hall–Kier alpha value is -3.10. The summed E-state index contributed by atoms with van der Waals surface area (Å²) >= 11 is 11.9. The molecule has 0 aliphatic rings. The summed E-state index contributed by atoms with van der Waals surface area (Å²) in [5.74, 6) is -0.837. The zero-order valence-corrected chi connectivity index (χ0v) is 16.2. The maximum absolute atomic E-state index is 12.9. The number of ketones is 1. The van der Waals surface area contributed by atoms with Crippen molar-refractivity contribution in [1.82, 2.24) is 9.78 Å². The Kier molecular flexibility index (Phi) is 5.26. The molecule has 0 radical (unpaired) electrons. The van der Waals surface area contributed by atoms with Crippen molar-refractivity contribution < 1.29 is 14.5 Å². The van der Waals surface area contributed by atoms with Gasteiger partial charge >= 0.3 is 5.69 Å². The number of para-hydroxylation sites is 1. The first kappa shape index (κ1) is 19.7. The van der Waals surface area contributed by atoms with Crippen LogP contribution in [0.4, 0.5) is 5.69 Å². The van der Waals surface area contributed by atoms with E-state index in [1.807, 2.05) is 0 Å². The molecule has 10 heteroatoms. The summed E-state index contributed by atoms with van der Waals surface area (Å²) in [6.45, 7) is 1.54. The molecule has 3 rings (SSSR count). The number of nitro groups is 1. The van der Waals surface area contributed by atoms with Crippen molar-refractivity contribution in [2.24, 2.45) is 7.05 Å². The van der Waals surface area contributed by atoms with E-state index in [0.717, 1.165) is 4.68 Å². The summed E-state index contributed by atoms with van der Waals surface area (Å²) in [5, 5.41) is 14.9. The van der Waals surface area contributed by atoms with Gasteiger partial charge in [-0.25, -0.2) is 0 Å². The van der Waals surface area contributed by atoms with Crippen LogP contribution in [0.15, 0.2) is 41.2 Å². The molecule has 0 saturated carbocycles. The van der Waals surface area contributed by atoms with Crippen LogP contribution in [0.5, 0.6) is 11.5 Å². The number of halogens is 2. The fourth-order valence-electron chi connectivity index (χ4n) is 2.74. The quantitative estimate of drug-likeness (QED) is 0.376. The molecular formula is C18H13Cl2N3O5. The molecule has 0 bridgehead atoms. The van der Waals surface area contributed by atoms with Crippen molar-refractivity contribution in [2.45, 2.75) is 6.92 Å². The van der Waals surface area contributed by atoms with Gasteiger partial charge in [-0.15, -0.1) is 0 Å². The van der Waals surface area contributed by atoms with E-state index >= 15 is 0 Å². The first-order chi connectivity index (χ1) is 13.2. The Balaban J connectivity index is 2.13. The summed E-state index contributed by atoms with van der Waals surface area (Å²) in [6.07, 6.45) is 0. The highest BCUT2D eigenvalue weighted by Crippen LogP contribution is 2.38. The van der Waals surface area contributed by atoms with Crippen LogP contribution in [0.1, 0.15) is 21.6 Å². The third-order valence-corrected chi connectivity index (χ3v) is 4.53. The first-order valence-electron chi connectivity index (χ1n) is 7.91. The molecule has 2 aromatic carbocycles. The number of ether oxygens (including phenoxy) is 1. The van der Waals surface area contributed by atoms with Gasteiger partial charge < -0.3 is 4.74 Å². The fraction of sp³-hybridized carbons (Fsp3) is 0.111. The predicted octanol–water partition coefficient (Wildman–Crippen LogP) is 4.26. The highest BCUT2D eigenvalue weighted by molar-refractivity contribution is 6.35. The standard InChI is InChI=1S/C18H13Cl2N3O5/c1-9-15(18(25)22(2)21-9)17(24)11-4-3-5-14(16(11)23(26)27)28-13-7-6-10(19)8-12(13)20/h3-8,21H,1-2H3. The second kappa shape index (κ2) is 7.49. The molecule has 1 aromatic heterocycles. The number of carbonyl (C=O) groups is 1. The maximum Gasteiger partial charge on any atom is 0.322 e. The predicted molar refractivity (Wildman–Crippen MR) is 104 cm³/mol. The topological polar surface area (TPSA) is 107 Å². The van der Waals surface area contributed by atoms with E-state index in [-0.39, 0.29) is 27.6 Å². The van der Waals surface area contributed by atoms with Crippen molar-refractivity contribution >= 4 is 34.7 Å². The van der Waals surface area contributed by atoms with E-state index in [4.69, 9.17) is 27.9 Å². The number of nitro benzene ring substituents is 1. The number of aryl methyl sites for hydroxylation is 2. The summed E-state index contributed by atoms with van der Waals surface area (Å²) in [5.41, 5.74) is -1.29. The number of aromatic nitrogens is 2. The van der Waals surface area contributed by atoms with E-state index in [9.17, 15) is 19.7 Å². The summed E-state index contributed by atoms with van der Waals surface area (Å²) in [6, 6.07) is 8.41. The molecular weight excluding hydrogens is 409 g/mol. The van der Waals surface area contributed by atoms with Crippen molar-refractivity contribution in [2.75, 3.05) is 0 Å². The number of hydrogen-bond donors (Lipinski definition) is 1. The lowest BCUT2D eigenvalue weighted by Gasteiger charge is -2.10. The van der Waals surface area contributed by atoms with Crippen molar-refractivity contribution in [1.29, 1.82) is 0 Å². The van der Waals surface area contributed by atoms with Crippen molar-refractivity contribution in [3.8, 4) is 11.5 Å². The monoisotopic (exact) mass is 421 g/mol. The van der Waals surface area contributed by atoms with Gasteiger partial charge in [0.2, 0.25) is 11.5 Å². The average molecular weight is 422 g/mol. The molecule has 0 fully saturated rings. The van der Waals surface area contributed by atoms with Gasteiger partial charge in [0.1, 0.15) is 16.9 Å². The Morgan fingerprint density at radius 1 is 1.21 bits per heavy atom. The van der Waals surface area contributed by atoms with Gasteiger partial charge in [0.05, 0.1) is 9.95 Å². The number of nitrogens with zero attached hydrogens (tertiary/aromatic N) is 2. The van der Waals surface area contributed by atoms with Crippen LogP contribution in [-0.2, 0) is 7.05 Å². The Labute approximate surface area is 168 Å². The lowest BCUT2D eigenvalue weighted by Crippen LogP contribution is -2.20. The Morgan fingerprint density at radius 2 is 1.93 bits per heavy atom. The molecule has 0 spiro atoms. The Bertz CT molecular complexity index is 1170. The minimum atomic E-state index is -0.779. The molecule has 3 aromatic rings. The molecule has 0 saturated heterocycles. The van der Waals surface area contributed by atoms with Gasteiger partial charge in [0, 0.05) is 17.8 Å². The number of H-pyrrole nitrogens is 1. The second-order valence-corrected chi connectivity index (χ2v) is 6.73. The third kappa shape index (κ3) is 3.51. The van der Waals surface area contributed by atoms with Crippen molar-refractivity contribution in [3.63, 3.8) is 0 Å². The third-order valence-electron chi connectivity index (χ3n) is 4.00. The van der Waals surface area contributed by atoms with Crippen LogP contribution in [-0.4, -0.2) is 20.5 Å². The van der Waals surface area contributed by atoms with E-state index in [1.54, 1.807) is 0 Å². The van der Waals surface area contributed by atoms with Crippen LogP contribution >= 0.6 is 23.2 Å². The molecule has 1 N–H and O–H groups in total. The molecule has 28 heavy (non-hydrogen) atoms. The van der Waals surface area contributed by atoms with Gasteiger partial charge in [0.15, 0.2) is 0 Å². The van der Waals surface area contributed by atoms with Crippen LogP contribution in [0.3, 0.4) is 0 Å². The summed E-state index contributed by atoms with van der Waals surface area (Å²) < 4.78 is 6.70. The highest BCUT2D eigenvalue weighted by atomic mass is 35.5. The number of rotatable bonds is 5. The molecule has 8 nitrogen and oxygen atoms in total. The molecule has 0 aliphatic heterocycles. The molecule has 1 heterocycles. The second-order valence-electron chi connectivity index (χ2n) is 5.89. The number of aromatic amines is 1. The Morgan fingerprint density at radius 3 is 2.50 bits per heavy atom. The van der Waals surface area contributed by atoms with E-state index in [0.29, 0.717) is 10.7 Å². The van der Waals surface area contributed by atoms with Gasteiger partial charge in [-0.05, 0) is 37.3 Å². The van der Waals surface area contributed by atoms with Crippen LogP contribution < -0.4 is 10.3 Å². The SMILES string of the molecule is Cc1[nH]n(C)c(=O)c1C(=O)c1cccc(Oc2ccc(Cl)cc2Cl)c1[N+](=O)[O-]. The van der Waals surface area contributed by atoms with Gasteiger partial charge in [-0.3, -0.25) is 29.5 Å². The fourth-order valence-corrected chi connectivity index (χ4v) is 3.19. The summed E-state index contributed by atoms with van der Waals surface area (Å²) in [4.78, 5) is 36.1. The summed E-state index contributed by atoms with van der Waals surface area (Å²) in [7, 11) is 1.45. The first-order valence-corrected chi connectivity index (χ1v) is 8.67. The van der Waals surface area contributed by atoms with Gasteiger partial charge in [0.25, 0.3) is 5.56 Å². The molecule has 0 aliphatic carbocycles. The zero-order chi connectivity index (χ0) is 20.6. The van der Waals surface area contributed by atoms with E-state index in [2.05, 4.69) is 5.10 Å². The van der Waals surface area contributed by atoms with Crippen LogP contribution in [0, 0.1) is 17.0 Å². The maximum atomic E-state index is 12.9. The van der Waals surface area contributed by atoms with Gasteiger partial charge in [-0.1, -0.05) is 29.3 Å². The number of carbonyl (C=O) groups excluding carboxylic acids is 1. The minimum Gasteiger partial charge on any atom is -0.449 e. The molecule has 0 amide bonds. The lowest BCUT2D eigenvalue weighted by molar-refractivity contribution is -0.385. The largest absolute Gasteiger partial charge is 0.449 e. The van der Waals surface area contributed by atoms with Crippen LogP contribution in [0.2, 0.25) is 10.0 Å². The zero-order valence-electron chi connectivity index (χ0n) is 14.7.